The molecule has 1 fully saturated rings. The number of hydrogen-bond acceptors (Lipinski definition) is 2. The first-order valence-electron chi connectivity index (χ1n) is 6.23. The topological polar surface area (TPSA) is 46.3 Å². The second-order valence-electron chi connectivity index (χ2n) is 5.08. The average Bonchev–Trinajstić information content (AvgIpc) is 2.32. The van der Waals surface area contributed by atoms with Crippen molar-refractivity contribution in [3.05, 3.63) is 29.8 Å². The van der Waals surface area contributed by atoms with Crippen LogP contribution in [-0.4, -0.2) is 23.9 Å². The van der Waals surface area contributed by atoms with E-state index in [9.17, 15) is 4.79 Å². The minimum atomic E-state index is 0.0712. The summed E-state index contributed by atoms with van der Waals surface area (Å²) in [5.74, 6) is 1.34. The van der Waals surface area contributed by atoms with Gasteiger partial charge in [-0.3, -0.25) is 4.79 Å². The fourth-order valence-electron chi connectivity index (χ4n) is 2.31. The number of amides is 1. The molecule has 2 atom stereocenters. The van der Waals surface area contributed by atoms with Crippen LogP contribution >= 0.6 is 0 Å². The Balaban J connectivity index is 2.14. The smallest absolute Gasteiger partial charge is 0.255 e. The van der Waals surface area contributed by atoms with Crippen molar-refractivity contribution in [3.8, 4) is 0 Å². The number of likely N-dealkylation sites (tertiary alicyclic amines) is 1. The molecule has 1 amide bonds. The lowest BCUT2D eigenvalue weighted by atomic mass is 9.88. The first-order chi connectivity index (χ1) is 8.09. The van der Waals surface area contributed by atoms with Gasteiger partial charge in [0.15, 0.2) is 0 Å². The minimum Gasteiger partial charge on any atom is -0.398 e. The third-order valence-corrected chi connectivity index (χ3v) is 3.81. The first-order valence-corrected chi connectivity index (χ1v) is 6.23. The van der Waals surface area contributed by atoms with Gasteiger partial charge in [0, 0.05) is 18.8 Å². The summed E-state index contributed by atoms with van der Waals surface area (Å²) in [6.45, 7) is 6.15. The van der Waals surface area contributed by atoms with Gasteiger partial charge in [0.1, 0.15) is 0 Å². The highest BCUT2D eigenvalue weighted by Gasteiger charge is 2.27. The Bertz CT molecular complexity index is 416. The molecule has 1 aliphatic rings. The molecule has 2 rings (SSSR count). The van der Waals surface area contributed by atoms with E-state index in [1.165, 1.54) is 0 Å². The zero-order chi connectivity index (χ0) is 12.4. The summed E-state index contributed by atoms with van der Waals surface area (Å²) < 4.78 is 0. The highest BCUT2D eigenvalue weighted by atomic mass is 16.2. The summed E-state index contributed by atoms with van der Waals surface area (Å²) in [6, 6.07) is 7.30. The fourth-order valence-corrected chi connectivity index (χ4v) is 2.31. The molecule has 0 aromatic heterocycles. The number of carbonyl (C=O) groups is 1. The molecule has 3 heteroatoms. The van der Waals surface area contributed by atoms with Gasteiger partial charge >= 0.3 is 0 Å². The largest absolute Gasteiger partial charge is 0.398 e. The van der Waals surface area contributed by atoms with Gasteiger partial charge < -0.3 is 10.6 Å². The standard InChI is InChI=1S/C14H20N2O/c1-10-7-8-16(9-11(10)2)14(17)12-5-3-4-6-13(12)15/h3-6,10-11H,7-9,15H2,1-2H3. The molecule has 92 valence electrons. The zero-order valence-corrected chi connectivity index (χ0v) is 10.5. The Morgan fingerprint density at radius 1 is 1.29 bits per heavy atom. The van der Waals surface area contributed by atoms with Crippen LogP contribution in [0, 0.1) is 11.8 Å². The van der Waals surface area contributed by atoms with Crippen LogP contribution in [0.3, 0.4) is 0 Å². The monoisotopic (exact) mass is 232 g/mol. The molecule has 1 saturated heterocycles. The van der Waals surface area contributed by atoms with Crippen LogP contribution in [0.25, 0.3) is 0 Å². The van der Waals surface area contributed by atoms with E-state index in [-0.39, 0.29) is 5.91 Å². The molecule has 1 aliphatic heterocycles. The number of nitrogens with zero attached hydrogens (tertiary/aromatic N) is 1. The Morgan fingerprint density at radius 2 is 2.00 bits per heavy atom. The summed E-state index contributed by atoms with van der Waals surface area (Å²) >= 11 is 0. The van der Waals surface area contributed by atoms with Crippen LogP contribution in [0.1, 0.15) is 30.6 Å². The third kappa shape index (κ3) is 2.43. The molecule has 1 aromatic carbocycles. The number of nitrogen functional groups attached to an aromatic ring is 1. The van der Waals surface area contributed by atoms with Crippen LogP contribution in [-0.2, 0) is 0 Å². The molecular weight excluding hydrogens is 212 g/mol. The third-order valence-electron chi connectivity index (χ3n) is 3.81. The zero-order valence-electron chi connectivity index (χ0n) is 10.5. The second-order valence-corrected chi connectivity index (χ2v) is 5.08. The molecule has 0 spiro atoms. The van der Waals surface area contributed by atoms with Gasteiger partial charge in [-0.05, 0) is 30.4 Å². The number of piperidine rings is 1. The van der Waals surface area contributed by atoms with Crippen LogP contribution in [0.2, 0.25) is 0 Å². The van der Waals surface area contributed by atoms with Crippen molar-refractivity contribution in [3.63, 3.8) is 0 Å². The average molecular weight is 232 g/mol. The van der Waals surface area contributed by atoms with Gasteiger partial charge in [-0.1, -0.05) is 26.0 Å². The van der Waals surface area contributed by atoms with Crippen molar-refractivity contribution in [2.75, 3.05) is 18.8 Å². The SMILES string of the molecule is CC1CCN(C(=O)c2ccccc2N)CC1C. The lowest BCUT2D eigenvalue weighted by Crippen LogP contribution is -2.42. The Kier molecular flexibility index (Phi) is 3.36. The molecule has 17 heavy (non-hydrogen) atoms. The van der Waals surface area contributed by atoms with E-state index >= 15 is 0 Å². The maximum Gasteiger partial charge on any atom is 0.255 e. The van der Waals surface area contributed by atoms with Crippen LogP contribution in [0.5, 0.6) is 0 Å². The fraction of sp³-hybridized carbons (Fsp3) is 0.500. The lowest BCUT2D eigenvalue weighted by Gasteiger charge is -2.35. The Labute approximate surface area is 103 Å². The number of para-hydroxylation sites is 1. The number of anilines is 1. The van der Waals surface area contributed by atoms with E-state index in [4.69, 9.17) is 5.73 Å². The molecular formula is C14H20N2O. The molecule has 0 saturated carbocycles. The van der Waals surface area contributed by atoms with Gasteiger partial charge in [0.2, 0.25) is 0 Å². The van der Waals surface area contributed by atoms with Gasteiger partial charge in [-0.15, -0.1) is 0 Å². The first kappa shape index (κ1) is 12.0. The second kappa shape index (κ2) is 4.78. The summed E-state index contributed by atoms with van der Waals surface area (Å²) in [4.78, 5) is 14.2. The van der Waals surface area contributed by atoms with Crippen LogP contribution in [0.15, 0.2) is 24.3 Å². The number of carbonyl (C=O) groups excluding carboxylic acids is 1. The van der Waals surface area contributed by atoms with Crippen molar-refractivity contribution >= 4 is 11.6 Å². The Morgan fingerprint density at radius 3 is 2.65 bits per heavy atom. The highest BCUT2D eigenvalue weighted by molar-refractivity contribution is 5.99. The molecule has 3 nitrogen and oxygen atoms in total. The molecule has 2 unspecified atom stereocenters. The highest BCUT2D eigenvalue weighted by Crippen LogP contribution is 2.24. The molecule has 0 bridgehead atoms. The van der Waals surface area contributed by atoms with Crippen molar-refractivity contribution in [2.45, 2.75) is 20.3 Å². The normalized spacial score (nSPS) is 24.7. The maximum absolute atomic E-state index is 12.3. The summed E-state index contributed by atoms with van der Waals surface area (Å²) in [7, 11) is 0. The number of benzene rings is 1. The van der Waals surface area contributed by atoms with Crippen LogP contribution < -0.4 is 5.73 Å². The van der Waals surface area contributed by atoms with Gasteiger partial charge in [0.25, 0.3) is 5.91 Å². The van der Waals surface area contributed by atoms with Gasteiger partial charge in [0.05, 0.1) is 5.56 Å². The van der Waals surface area contributed by atoms with E-state index in [2.05, 4.69) is 13.8 Å². The van der Waals surface area contributed by atoms with E-state index in [0.717, 1.165) is 19.5 Å². The van der Waals surface area contributed by atoms with E-state index in [0.29, 0.717) is 23.1 Å². The maximum atomic E-state index is 12.3. The molecule has 1 heterocycles. The van der Waals surface area contributed by atoms with Gasteiger partial charge in [-0.2, -0.15) is 0 Å². The molecule has 2 N–H and O–H groups in total. The minimum absolute atomic E-state index is 0.0712. The number of nitrogens with two attached hydrogens (primary N) is 1. The number of hydrogen-bond donors (Lipinski definition) is 1. The molecule has 0 aliphatic carbocycles. The predicted octanol–water partition coefficient (Wildman–Crippen LogP) is 2.39. The van der Waals surface area contributed by atoms with Crippen molar-refractivity contribution in [1.82, 2.24) is 4.90 Å². The van der Waals surface area contributed by atoms with E-state index in [1.54, 1.807) is 12.1 Å². The van der Waals surface area contributed by atoms with Gasteiger partial charge in [-0.25, -0.2) is 0 Å². The van der Waals surface area contributed by atoms with E-state index < -0.39 is 0 Å². The number of rotatable bonds is 1. The summed E-state index contributed by atoms with van der Waals surface area (Å²) in [6.07, 6.45) is 1.08. The van der Waals surface area contributed by atoms with Crippen molar-refractivity contribution < 1.29 is 4.79 Å². The predicted molar refractivity (Wildman–Crippen MR) is 69.7 cm³/mol. The van der Waals surface area contributed by atoms with Crippen LogP contribution in [0.4, 0.5) is 5.69 Å². The summed E-state index contributed by atoms with van der Waals surface area (Å²) in [5, 5.41) is 0. The van der Waals surface area contributed by atoms with Crippen molar-refractivity contribution in [2.24, 2.45) is 11.8 Å². The molecule has 1 aromatic rings. The van der Waals surface area contributed by atoms with E-state index in [1.807, 2.05) is 17.0 Å². The Hall–Kier alpha value is -1.51. The lowest BCUT2D eigenvalue weighted by molar-refractivity contribution is 0.0628. The quantitative estimate of drug-likeness (QED) is 0.756. The molecule has 0 radical (unpaired) electrons. The van der Waals surface area contributed by atoms with Crippen molar-refractivity contribution in [1.29, 1.82) is 0 Å². The summed E-state index contributed by atoms with van der Waals surface area (Å²) in [5.41, 5.74) is 7.05.